The molecule has 0 radical (unpaired) electrons. The van der Waals surface area contributed by atoms with E-state index in [0.29, 0.717) is 0 Å². The fourth-order valence-electron chi connectivity index (χ4n) is 1.03. The van der Waals surface area contributed by atoms with Gasteiger partial charge < -0.3 is 10.2 Å². The van der Waals surface area contributed by atoms with Crippen LogP contribution in [0.1, 0.15) is 72.6 Å². The van der Waals surface area contributed by atoms with Crippen molar-refractivity contribution in [2.45, 2.75) is 72.6 Å². The number of carbonyl (C=O) groups is 2. The summed E-state index contributed by atoms with van der Waals surface area (Å²) in [6.07, 6.45) is 9.97. The van der Waals surface area contributed by atoms with Gasteiger partial charge in [-0.15, -0.1) is 0 Å². The molecule has 0 aromatic rings. The second kappa shape index (κ2) is 18.4. The van der Waals surface area contributed by atoms with Gasteiger partial charge in [-0.2, -0.15) is 0 Å². The summed E-state index contributed by atoms with van der Waals surface area (Å²) >= 11 is 0. The van der Waals surface area contributed by atoms with Gasteiger partial charge >= 0.3 is 11.9 Å². The van der Waals surface area contributed by atoms with Gasteiger partial charge in [0.25, 0.3) is 0 Å². The van der Waals surface area contributed by atoms with E-state index in [-0.39, 0.29) is 11.1 Å². The van der Waals surface area contributed by atoms with Gasteiger partial charge in [0.2, 0.25) is 0 Å². The largest absolute Gasteiger partial charge is 0.478 e. The topological polar surface area (TPSA) is 74.6 Å². The lowest BCUT2D eigenvalue weighted by atomic mass is 10.1. The Kier molecular flexibility index (Phi) is 21.4. The SMILES string of the molecule is C=C(C)C(=O)O.C=C(C)C(=O)O.CCCCCCCCC. The summed E-state index contributed by atoms with van der Waals surface area (Å²) in [5, 5.41) is 15.8. The first-order valence-electron chi connectivity index (χ1n) is 7.48. The minimum absolute atomic E-state index is 0.176. The summed E-state index contributed by atoms with van der Waals surface area (Å²) < 4.78 is 0. The molecule has 4 nitrogen and oxygen atoms in total. The molecular weight excluding hydrogens is 268 g/mol. The third-order valence-electron chi connectivity index (χ3n) is 2.44. The minimum atomic E-state index is -0.935. The fraction of sp³-hybridized carbons (Fsp3) is 0.647. The van der Waals surface area contributed by atoms with Crippen LogP contribution >= 0.6 is 0 Å². The van der Waals surface area contributed by atoms with E-state index in [0.717, 1.165) is 0 Å². The van der Waals surface area contributed by atoms with E-state index in [2.05, 4.69) is 27.0 Å². The molecule has 21 heavy (non-hydrogen) atoms. The van der Waals surface area contributed by atoms with Crippen LogP contribution in [0, 0.1) is 0 Å². The van der Waals surface area contributed by atoms with Gasteiger partial charge in [-0.25, -0.2) is 9.59 Å². The molecule has 0 aliphatic carbocycles. The number of unbranched alkanes of at least 4 members (excludes halogenated alkanes) is 6. The van der Waals surface area contributed by atoms with Crippen molar-refractivity contribution in [3.8, 4) is 0 Å². The van der Waals surface area contributed by atoms with Gasteiger partial charge in [0.1, 0.15) is 0 Å². The fourth-order valence-corrected chi connectivity index (χ4v) is 1.03. The maximum Gasteiger partial charge on any atom is 0.330 e. The van der Waals surface area contributed by atoms with Crippen molar-refractivity contribution in [3.05, 3.63) is 24.3 Å². The number of carboxylic acid groups (broad SMARTS) is 2. The number of hydrogen-bond donors (Lipinski definition) is 2. The number of hydrogen-bond acceptors (Lipinski definition) is 2. The molecule has 0 bridgehead atoms. The van der Waals surface area contributed by atoms with E-state index in [1.165, 1.54) is 58.8 Å². The van der Waals surface area contributed by atoms with E-state index < -0.39 is 11.9 Å². The Bertz CT molecular complexity index is 252. The van der Waals surface area contributed by atoms with Gasteiger partial charge in [0.15, 0.2) is 0 Å². The van der Waals surface area contributed by atoms with Crippen LogP contribution in [0.25, 0.3) is 0 Å². The van der Waals surface area contributed by atoms with Gasteiger partial charge in [-0.3, -0.25) is 0 Å². The van der Waals surface area contributed by atoms with E-state index in [9.17, 15) is 9.59 Å². The van der Waals surface area contributed by atoms with E-state index in [1.54, 1.807) is 0 Å². The lowest BCUT2D eigenvalue weighted by Crippen LogP contribution is -1.92. The van der Waals surface area contributed by atoms with Gasteiger partial charge in [-0.05, 0) is 13.8 Å². The number of carboxylic acids is 2. The Labute approximate surface area is 129 Å². The molecule has 0 amide bonds. The van der Waals surface area contributed by atoms with Crippen molar-refractivity contribution >= 4 is 11.9 Å². The Balaban J connectivity index is -0.000000240. The van der Waals surface area contributed by atoms with Crippen molar-refractivity contribution in [1.29, 1.82) is 0 Å². The molecular formula is C17H32O4. The average molecular weight is 300 g/mol. The molecule has 0 unspecified atom stereocenters. The lowest BCUT2D eigenvalue weighted by Gasteiger charge is -1.96. The standard InChI is InChI=1S/C9H20.2C4H6O2/c1-3-5-7-9-8-6-4-2;2*1-3(2)4(5)6/h3-9H2,1-2H3;2*1H2,2H3,(H,5,6). The predicted octanol–water partition coefficient (Wildman–Crippen LogP) is 5.05. The Hall–Kier alpha value is -1.58. The zero-order valence-corrected chi connectivity index (χ0v) is 14.1. The highest BCUT2D eigenvalue weighted by atomic mass is 16.4. The maximum atomic E-state index is 9.60. The molecule has 0 aliphatic rings. The predicted molar refractivity (Wildman–Crippen MR) is 88.6 cm³/mol. The van der Waals surface area contributed by atoms with Crippen molar-refractivity contribution < 1.29 is 19.8 Å². The van der Waals surface area contributed by atoms with E-state index in [4.69, 9.17) is 10.2 Å². The Morgan fingerprint density at radius 1 is 0.714 bits per heavy atom. The van der Waals surface area contributed by atoms with Crippen molar-refractivity contribution in [1.82, 2.24) is 0 Å². The summed E-state index contributed by atoms with van der Waals surface area (Å²) in [6.45, 7) is 13.7. The van der Waals surface area contributed by atoms with Crippen LogP contribution in [-0.2, 0) is 9.59 Å². The highest BCUT2D eigenvalue weighted by molar-refractivity contribution is 5.85. The molecule has 2 N–H and O–H groups in total. The zero-order valence-electron chi connectivity index (χ0n) is 14.1. The lowest BCUT2D eigenvalue weighted by molar-refractivity contribution is -0.133. The van der Waals surface area contributed by atoms with Crippen molar-refractivity contribution in [2.24, 2.45) is 0 Å². The molecule has 0 saturated carbocycles. The summed E-state index contributed by atoms with van der Waals surface area (Å²) in [7, 11) is 0. The third-order valence-corrected chi connectivity index (χ3v) is 2.44. The quantitative estimate of drug-likeness (QED) is 0.486. The summed E-state index contributed by atoms with van der Waals surface area (Å²) in [5.74, 6) is -1.87. The molecule has 0 saturated heterocycles. The first kappa shape index (κ1) is 24.4. The number of rotatable bonds is 8. The molecule has 0 atom stereocenters. The number of aliphatic carboxylic acids is 2. The Morgan fingerprint density at radius 2 is 0.905 bits per heavy atom. The molecule has 0 fully saturated rings. The smallest absolute Gasteiger partial charge is 0.330 e. The Morgan fingerprint density at radius 3 is 1.05 bits per heavy atom. The molecule has 0 aromatic heterocycles. The van der Waals surface area contributed by atoms with Crippen LogP contribution < -0.4 is 0 Å². The highest BCUT2D eigenvalue weighted by Crippen LogP contribution is 2.05. The maximum absolute atomic E-state index is 9.60. The minimum Gasteiger partial charge on any atom is -0.478 e. The highest BCUT2D eigenvalue weighted by Gasteiger charge is 1.90. The van der Waals surface area contributed by atoms with Crippen LogP contribution in [0.3, 0.4) is 0 Å². The molecule has 0 heterocycles. The monoisotopic (exact) mass is 300 g/mol. The molecule has 0 aliphatic heterocycles. The second-order valence-electron chi connectivity index (χ2n) is 4.94. The second-order valence-corrected chi connectivity index (χ2v) is 4.94. The van der Waals surface area contributed by atoms with Gasteiger partial charge in [-0.1, -0.05) is 72.0 Å². The van der Waals surface area contributed by atoms with E-state index in [1.807, 2.05) is 0 Å². The van der Waals surface area contributed by atoms with Crippen LogP contribution in [0.15, 0.2) is 24.3 Å². The molecule has 0 rings (SSSR count). The summed E-state index contributed by atoms with van der Waals surface area (Å²) in [5.41, 5.74) is 0.352. The zero-order chi connectivity index (χ0) is 17.3. The van der Waals surface area contributed by atoms with Crippen LogP contribution in [0.4, 0.5) is 0 Å². The van der Waals surface area contributed by atoms with Crippen molar-refractivity contribution in [2.75, 3.05) is 0 Å². The summed E-state index contributed by atoms with van der Waals surface area (Å²) in [4.78, 5) is 19.2. The van der Waals surface area contributed by atoms with Crippen molar-refractivity contribution in [3.63, 3.8) is 0 Å². The van der Waals surface area contributed by atoms with E-state index >= 15 is 0 Å². The molecule has 124 valence electrons. The molecule has 0 spiro atoms. The third kappa shape index (κ3) is 32.2. The first-order valence-corrected chi connectivity index (χ1v) is 7.48. The van der Waals surface area contributed by atoms with Crippen LogP contribution in [-0.4, -0.2) is 22.2 Å². The first-order chi connectivity index (χ1) is 9.70. The molecule has 0 aromatic carbocycles. The van der Waals surface area contributed by atoms with Crippen LogP contribution in [0.5, 0.6) is 0 Å². The van der Waals surface area contributed by atoms with Crippen LogP contribution in [0.2, 0.25) is 0 Å². The average Bonchev–Trinajstić information content (AvgIpc) is 2.40. The molecule has 4 heteroatoms. The summed E-state index contributed by atoms with van der Waals surface area (Å²) in [6, 6.07) is 0. The normalized spacial score (nSPS) is 8.57. The van der Waals surface area contributed by atoms with Gasteiger partial charge in [0, 0.05) is 11.1 Å². The van der Waals surface area contributed by atoms with Gasteiger partial charge in [0.05, 0.1) is 0 Å².